The third-order valence-corrected chi connectivity index (χ3v) is 5.50. The second-order valence-corrected chi connectivity index (χ2v) is 7.37. The van der Waals surface area contributed by atoms with Gasteiger partial charge in [0.15, 0.2) is 0 Å². The van der Waals surface area contributed by atoms with Gasteiger partial charge in [0.25, 0.3) is 11.7 Å². The first-order chi connectivity index (χ1) is 14.4. The molecule has 2 aromatic carbocycles. The predicted molar refractivity (Wildman–Crippen MR) is 112 cm³/mol. The van der Waals surface area contributed by atoms with Crippen LogP contribution in [0.25, 0.3) is 5.76 Å². The molecule has 1 aromatic heterocycles. The van der Waals surface area contributed by atoms with Gasteiger partial charge in [0, 0.05) is 23.6 Å². The molecule has 1 unspecified atom stereocenters. The lowest BCUT2D eigenvalue weighted by Gasteiger charge is -2.25. The number of ketones is 1. The molecular formula is C22H13Cl2FN2O3. The number of halogens is 3. The van der Waals surface area contributed by atoms with Crippen molar-refractivity contribution in [2.24, 2.45) is 0 Å². The Labute approximate surface area is 181 Å². The van der Waals surface area contributed by atoms with Crippen molar-refractivity contribution in [1.29, 1.82) is 0 Å². The molecule has 1 amide bonds. The van der Waals surface area contributed by atoms with Crippen LogP contribution in [0.1, 0.15) is 17.2 Å². The summed E-state index contributed by atoms with van der Waals surface area (Å²) in [7, 11) is 0. The molecule has 1 aliphatic rings. The van der Waals surface area contributed by atoms with Gasteiger partial charge in [-0.15, -0.1) is 0 Å². The first kappa shape index (κ1) is 20.1. The SMILES string of the molecule is O=C1C(=O)N(c2ccc(Cl)c(Cl)c2)C(c2ccc(F)cc2)/C1=C(\O)c1ccncc1. The number of aliphatic hydroxyl groups is 1. The minimum atomic E-state index is -0.990. The molecule has 3 aromatic rings. The van der Waals surface area contributed by atoms with E-state index in [0.717, 1.165) is 0 Å². The maximum Gasteiger partial charge on any atom is 0.300 e. The summed E-state index contributed by atoms with van der Waals surface area (Å²) in [5.41, 5.74) is 0.958. The van der Waals surface area contributed by atoms with Crippen LogP contribution in [0.4, 0.5) is 10.1 Å². The van der Waals surface area contributed by atoms with Gasteiger partial charge in [0.1, 0.15) is 11.6 Å². The number of Topliss-reactive ketones (excluding diaryl/α,β-unsaturated/α-hetero) is 1. The summed E-state index contributed by atoms with van der Waals surface area (Å²) in [6, 6.07) is 11.9. The van der Waals surface area contributed by atoms with Gasteiger partial charge in [0.2, 0.25) is 0 Å². The molecule has 1 N–H and O–H groups in total. The zero-order valence-electron chi connectivity index (χ0n) is 15.2. The largest absolute Gasteiger partial charge is 0.507 e. The highest BCUT2D eigenvalue weighted by Crippen LogP contribution is 2.43. The first-order valence-corrected chi connectivity index (χ1v) is 9.56. The molecule has 0 spiro atoms. The number of benzene rings is 2. The maximum absolute atomic E-state index is 13.5. The summed E-state index contributed by atoms with van der Waals surface area (Å²) in [5, 5.41) is 11.4. The molecule has 0 radical (unpaired) electrons. The van der Waals surface area contributed by atoms with Crippen molar-refractivity contribution in [3.05, 3.63) is 99.6 Å². The fourth-order valence-electron chi connectivity index (χ4n) is 3.36. The monoisotopic (exact) mass is 442 g/mol. The summed E-state index contributed by atoms with van der Waals surface area (Å²) in [5.74, 6) is -2.55. The quantitative estimate of drug-likeness (QED) is 0.345. The molecule has 1 aliphatic heterocycles. The van der Waals surface area contributed by atoms with Gasteiger partial charge in [-0.05, 0) is 48.0 Å². The smallest absolute Gasteiger partial charge is 0.300 e. The summed E-state index contributed by atoms with van der Waals surface area (Å²) >= 11 is 12.1. The van der Waals surface area contributed by atoms with Crippen LogP contribution in [0.3, 0.4) is 0 Å². The molecule has 1 fully saturated rings. The molecule has 8 heteroatoms. The topological polar surface area (TPSA) is 70.5 Å². The lowest BCUT2D eigenvalue weighted by Crippen LogP contribution is -2.29. The summed E-state index contributed by atoms with van der Waals surface area (Å²) in [6.07, 6.45) is 2.91. The molecule has 0 bridgehead atoms. The molecule has 4 rings (SSSR count). The van der Waals surface area contributed by atoms with E-state index in [-0.39, 0.29) is 21.4 Å². The highest BCUT2D eigenvalue weighted by Gasteiger charge is 2.47. The third kappa shape index (κ3) is 3.44. The van der Waals surface area contributed by atoms with Crippen LogP contribution in [0.5, 0.6) is 0 Å². The van der Waals surface area contributed by atoms with Crippen molar-refractivity contribution in [2.75, 3.05) is 4.90 Å². The van der Waals surface area contributed by atoms with E-state index in [0.29, 0.717) is 16.8 Å². The van der Waals surface area contributed by atoms with Crippen molar-refractivity contribution in [2.45, 2.75) is 6.04 Å². The Bertz CT molecular complexity index is 1180. The predicted octanol–water partition coefficient (Wildman–Crippen LogP) is 5.15. The van der Waals surface area contributed by atoms with Crippen LogP contribution in [-0.2, 0) is 9.59 Å². The number of nitrogens with zero attached hydrogens (tertiary/aromatic N) is 2. The van der Waals surface area contributed by atoms with E-state index in [9.17, 15) is 19.1 Å². The Hall–Kier alpha value is -3.22. The van der Waals surface area contributed by atoms with Crippen LogP contribution in [-0.4, -0.2) is 21.8 Å². The van der Waals surface area contributed by atoms with Crippen LogP contribution < -0.4 is 4.90 Å². The normalized spacial score (nSPS) is 18.1. The van der Waals surface area contributed by atoms with Gasteiger partial charge in [-0.25, -0.2) is 4.39 Å². The second-order valence-electron chi connectivity index (χ2n) is 6.55. The van der Waals surface area contributed by atoms with Gasteiger partial charge < -0.3 is 5.11 Å². The minimum absolute atomic E-state index is 0.121. The highest BCUT2D eigenvalue weighted by molar-refractivity contribution is 6.52. The number of hydrogen-bond acceptors (Lipinski definition) is 4. The Balaban J connectivity index is 1.95. The van der Waals surface area contributed by atoms with E-state index in [4.69, 9.17) is 23.2 Å². The summed E-state index contributed by atoms with van der Waals surface area (Å²) < 4.78 is 13.5. The number of carbonyl (C=O) groups excluding carboxylic acids is 2. The van der Waals surface area contributed by atoms with Crippen LogP contribution in [0.15, 0.2) is 72.6 Å². The fourth-order valence-corrected chi connectivity index (χ4v) is 3.65. The molecule has 2 heterocycles. The Kier molecular flexibility index (Phi) is 5.28. The standard InChI is InChI=1S/C22H13Cl2FN2O3/c23-16-6-5-15(11-17(16)24)27-19(12-1-3-14(25)4-2-12)18(21(29)22(27)30)20(28)13-7-9-26-10-8-13/h1-11,19,28H/b20-18+. The number of rotatable bonds is 3. The molecule has 5 nitrogen and oxygen atoms in total. The Morgan fingerprint density at radius 3 is 2.27 bits per heavy atom. The van der Waals surface area contributed by atoms with Gasteiger partial charge in [-0.1, -0.05) is 35.3 Å². The van der Waals surface area contributed by atoms with Crippen molar-refractivity contribution in [3.8, 4) is 0 Å². The van der Waals surface area contributed by atoms with E-state index < -0.39 is 23.5 Å². The summed E-state index contributed by atoms with van der Waals surface area (Å²) in [6.45, 7) is 0. The van der Waals surface area contributed by atoms with E-state index in [1.54, 1.807) is 6.07 Å². The van der Waals surface area contributed by atoms with E-state index >= 15 is 0 Å². The third-order valence-electron chi connectivity index (χ3n) is 4.77. The number of aliphatic hydroxyl groups excluding tert-OH is 1. The van der Waals surface area contributed by atoms with Crippen LogP contribution in [0.2, 0.25) is 10.0 Å². The molecule has 1 saturated heterocycles. The average molecular weight is 443 g/mol. The van der Waals surface area contributed by atoms with Crippen molar-refractivity contribution in [3.63, 3.8) is 0 Å². The number of aromatic nitrogens is 1. The number of carbonyl (C=O) groups is 2. The first-order valence-electron chi connectivity index (χ1n) is 8.80. The van der Waals surface area contributed by atoms with Gasteiger partial charge in [-0.2, -0.15) is 0 Å². The number of pyridine rings is 1. The number of amides is 1. The summed E-state index contributed by atoms with van der Waals surface area (Å²) in [4.78, 5) is 31.0. The highest BCUT2D eigenvalue weighted by atomic mass is 35.5. The Morgan fingerprint density at radius 2 is 1.63 bits per heavy atom. The van der Waals surface area contributed by atoms with E-state index in [1.807, 2.05) is 0 Å². The van der Waals surface area contributed by atoms with Crippen LogP contribution in [0, 0.1) is 5.82 Å². The molecule has 1 atom stereocenters. The lowest BCUT2D eigenvalue weighted by molar-refractivity contribution is -0.132. The molecule has 0 aliphatic carbocycles. The van der Waals surface area contributed by atoms with Crippen LogP contribution >= 0.6 is 23.2 Å². The molecule has 150 valence electrons. The molecule has 0 saturated carbocycles. The minimum Gasteiger partial charge on any atom is -0.507 e. The second kappa shape index (κ2) is 7.89. The average Bonchev–Trinajstić information content (AvgIpc) is 3.01. The lowest BCUT2D eigenvalue weighted by atomic mass is 9.95. The fraction of sp³-hybridized carbons (Fsp3) is 0.0455. The maximum atomic E-state index is 13.5. The number of anilines is 1. The van der Waals surface area contributed by atoms with Crippen molar-refractivity contribution < 1.29 is 19.1 Å². The van der Waals surface area contributed by atoms with Gasteiger partial charge in [0.05, 0.1) is 21.7 Å². The Morgan fingerprint density at radius 1 is 0.967 bits per heavy atom. The number of hydrogen-bond donors (Lipinski definition) is 1. The molecule has 30 heavy (non-hydrogen) atoms. The van der Waals surface area contributed by atoms with Gasteiger partial charge in [-0.3, -0.25) is 19.5 Å². The van der Waals surface area contributed by atoms with Crippen molar-refractivity contribution in [1.82, 2.24) is 4.98 Å². The molecular weight excluding hydrogens is 430 g/mol. The van der Waals surface area contributed by atoms with Gasteiger partial charge >= 0.3 is 0 Å². The van der Waals surface area contributed by atoms with E-state index in [2.05, 4.69) is 4.98 Å². The zero-order chi connectivity index (χ0) is 21.4. The van der Waals surface area contributed by atoms with Crippen molar-refractivity contribution >= 4 is 46.3 Å². The van der Waals surface area contributed by atoms with E-state index in [1.165, 1.54) is 65.8 Å². The zero-order valence-corrected chi connectivity index (χ0v) is 16.7.